The van der Waals surface area contributed by atoms with E-state index >= 15 is 0 Å². The Hall–Kier alpha value is 2.30. The van der Waals surface area contributed by atoms with E-state index in [9.17, 15) is 0 Å². The molecular formula is H3MoNiPW. The molecule has 0 radical (unpaired) electrons. The van der Waals surface area contributed by atoms with Crippen molar-refractivity contribution < 1.29 is 58.6 Å². The van der Waals surface area contributed by atoms with Crippen molar-refractivity contribution in [2.24, 2.45) is 0 Å². The van der Waals surface area contributed by atoms with Gasteiger partial charge in [0.05, 0.1) is 0 Å². The molecule has 0 aromatic carbocycles. The van der Waals surface area contributed by atoms with Gasteiger partial charge in [0.15, 0.2) is 0 Å². The molecule has 0 aromatic heterocycles. The topological polar surface area (TPSA) is 0 Å². The van der Waals surface area contributed by atoms with Gasteiger partial charge >= 0.3 is 0 Å². The molecule has 0 aliphatic rings. The van der Waals surface area contributed by atoms with Crippen LogP contribution in [0.5, 0.6) is 0 Å². The van der Waals surface area contributed by atoms with Gasteiger partial charge in [-0.2, -0.15) is 9.90 Å². The van der Waals surface area contributed by atoms with Gasteiger partial charge in [0.25, 0.3) is 0 Å². The van der Waals surface area contributed by atoms with Crippen LogP contribution in [0, 0.1) is 0 Å². The maximum atomic E-state index is 0. The summed E-state index contributed by atoms with van der Waals surface area (Å²) >= 11 is 0. The number of hydrogen-bond donors (Lipinski definition) is 0. The van der Waals surface area contributed by atoms with E-state index in [1.54, 1.807) is 0 Å². The first kappa shape index (κ1) is 33.5. The van der Waals surface area contributed by atoms with Gasteiger partial charge in [-0.15, -0.1) is 0 Å². The zero-order chi connectivity index (χ0) is 0. The van der Waals surface area contributed by atoms with Crippen LogP contribution in [-0.4, -0.2) is 0 Å². The molecule has 0 N–H and O–H groups in total. The molecule has 30 valence electrons. The van der Waals surface area contributed by atoms with Gasteiger partial charge < -0.3 is 0 Å². The Balaban J connectivity index is 0. The largest absolute Gasteiger partial charge is 0.153 e. The quantitative estimate of drug-likeness (QED) is 0.417. The fraction of sp³-hybridized carbons (Fsp3) is 0. The zero-order valence-corrected chi connectivity index (χ0v) is 9.18. The van der Waals surface area contributed by atoms with E-state index in [2.05, 4.69) is 0 Å². The minimum absolute atomic E-state index is 0. The molecule has 0 aliphatic carbocycles. The predicted octanol–water partition coefficient (Wildman–Crippen LogP) is 0.0506. The van der Waals surface area contributed by atoms with Crippen LogP contribution in [0.2, 0.25) is 0 Å². The summed E-state index contributed by atoms with van der Waals surface area (Å²) in [5.74, 6) is 0. The summed E-state index contributed by atoms with van der Waals surface area (Å²) in [5, 5.41) is 0. The third-order valence-corrected chi connectivity index (χ3v) is 0. The Morgan fingerprint density at radius 2 is 1.00 bits per heavy atom. The first-order valence-electron chi connectivity index (χ1n) is 0. The molecule has 0 saturated heterocycles. The van der Waals surface area contributed by atoms with E-state index in [-0.39, 0.29) is 68.5 Å². The van der Waals surface area contributed by atoms with Gasteiger partial charge in [0.1, 0.15) is 0 Å². The standard InChI is InChI=1S/Mo.Ni.H3P.W/h;;1H3;. The Labute approximate surface area is 67.9 Å². The molecule has 1 unspecified atom stereocenters. The van der Waals surface area contributed by atoms with E-state index in [0.717, 1.165) is 0 Å². The predicted molar refractivity (Wildman–Crippen MR) is 11.1 cm³/mol. The Morgan fingerprint density at radius 1 is 1.00 bits per heavy atom. The maximum absolute atomic E-state index is 0. The van der Waals surface area contributed by atoms with E-state index < -0.39 is 0 Å². The van der Waals surface area contributed by atoms with Crippen LogP contribution in [0.1, 0.15) is 0 Å². The van der Waals surface area contributed by atoms with Crippen LogP contribution in [0.25, 0.3) is 0 Å². The molecule has 4 heavy (non-hydrogen) atoms. The van der Waals surface area contributed by atoms with Gasteiger partial charge in [-0.1, -0.05) is 0 Å². The van der Waals surface area contributed by atoms with E-state index in [0.29, 0.717) is 0 Å². The molecule has 1 atom stereocenters. The van der Waals surface area contributed by atoms with E-state index in [4.69, 9.17) is 0 Å². The van der Waals surface area contributed by atoms with Crippen LogP contribution >= 0.6 is 9.90 Å². The van der Waals surface area contributed by atoms with Crippen molar-refractivity contribution in [1.29, 1.82) is 0 Å². The molecule has 0 bridgehead atoms. The summed E-state index contributed by atoms with van der Waals surface area (Å²) < 4.78 is 0. The second-order valence-corrected chi connectivity index (χ2v) is 0. The molecule has 4 heteroatoms. The molecule has 0 aliphatic heterocycles. The summed E-state index contributed by atoms with van der Waals surface area (Å²) in [6, 6.07) is 0. The van der Waals surface area contributed by atoms with Crippen molar-refractivity contribution in [3.05, 3.63) is 0 Å². The van der Waals surface area contributed by atoms with Crippen LogP contribution in [0.4, 0.5) is 0 Å². The van der Waals surface area contributed by atoms with Gasteiger partial charge in [0.2, 0.25) is 0 Å². The van der Waals surface area contributed by atoms with Gasteiger partial charge in [-0.3, -0.25) is 0 Å². The Morgan fingerprint density at radius 3 is 1.00 bits per heavy atom. The third-order valence-electron chi connectivity index (χ3n) is 0. The van der Waals surface area contributed by atoms with Crippen LogP contribution < -0.4 is 0 Å². The second-order valence-electron chi connectivity index (χ2n) is 0. The van der Waals surface area contributed by atoms with Crippen LogP contribution in [0.3, 0.4) is 0 Å². The van der Waals surface area contributed by atoms with Gasteiger partial charge in [0, 0.05) is 58.6 Å². The summed E-state index contributed by atoms with van der Waals surface area (Å²) in [6.45, 7) is 0. The van der Waals surface area contributed by atoms with Gasteiger partial charge in [-0.25, -0.2) is 0 Å². The van der Waals surface area contributed by atoms with E-state index in [1.165, 1.54) is 0 Å². The monoisotopic (exact) mass is 374 g/mol. The molecular weight excluding hydrogens is 369 g/mol. The molecule has 0 amide bonds. The molecule has 0 saturated carbocycles. The van der Waals surface area contributed by atoms with Crippen LogP contribution in [0.15, 0.2) is 0 Å². The average molecular weight is 372 g/mol. The Kier molecular flexibility index (Phi) is 155. The zero-order valence-electron chi connectivity index (χ0n) is 1.84. The average Bonchev–Trinajstić information content (AvgIpc) is 0. The van der Waals surface area contributed by atoms with Crippen molar-refractivity contribution >= 4 is 9.90 Å². The normalized spacial score (nSPS) is 0. The molecule has 0 aromatic rings. The maximum Gasteiger partial charge on any atom is 0 e. The number of rotatable bonds is 0. The molecule has 0 nitrogen and oxygen atoms in total. The summed E-state index contributed by atoms with van der Waals surface area (Å²) in [6.07, 6.45) is 0. The molecule has 0 spiro atoms. The van der Waals surface area contributed by atoms with Crippen molar-refractivity contribution in [3.63, 3.8) is 0 Å². The third kappa shape index (κ3) is 8.85. The molecule has 0 heterocycles. The summed E-state index contributed by atoms with van der Waals surface area (Å²) in [5.41, 5.74) is 0. The van der Waals surface area contributed by atoms with Crippen molar-refractivity contribution in [3.8, 4) is 0 Å². The minimum Gasteiger partial charge on any atom is -0.153 e. The summed E-state index contributed by atoms with van der Waals surface area (Å²) in [7, 11) is 0. The fourth-order valence-corrected chi connectivity index (χ4v) is 0. The Bertz CT molecular complexity index is 8.00. The van der Waals surface area contributed by atoms with Gasteiger partial charge in [-0.05, 0) is 0 Å². The van der Waals surface area contributed by atoms with Crippen molar-refractivity contribution in [1.82, 2.24) is 0 Å². The first-order valence-corrected chi connectivity index (χ1v) is 0. The smallest absolute Gasteiger partial charge is 0 e. The van der Waals surface area contributed by atoms with Crippen molar-refractivity contribution in [2.45, 2.75) is 0 Å². The van der Waals surface area contributed by atoms with Crippen molar-refractivity contribution in [2.75, 3.05) is 0 Å². The second kappa shape index (κ2) is 18.5. The summed E-state index contributed by atoms with van der Waals surface area (Å²) in [4.78, 5) is 0. The fourth-order valence-electron chi connectivity index (χ4n) is 0. The van der Waals surface area contributed by atoms with Crippen LogP contribution in [-0.2, 0) is 58.6 Å². The first-order chi connectivity index (χ1) is 0. The number of hydrogen-bond acceptors (Lipinski definition) is 0. The molecule has 0 fully saturated rings. The SMILES string of the molecule is P.[Mo].[Ni].[W]. The minimum atomic E-state index is 0. The van der Waals surface area contributed by atoms with E-state index in [1.807, 2.05) is 0 Å². The molecule has 0 rings (SSSR count).